The molecule has 0 aromatic heterocycles. The Morgan fingerprint density at radius 3 is 1.85 bits per heavy atom. The van der Waals surface area contributed by atoms with E-state index in [9.17, 15) is 9.59 Å². The predicted octanol–water partition coefficient (Wildman–Crippen LogP) is 7.24. The average molecular weight is 675 g/mol. The van der Waals surface area contributed by atoms with Crippen molar-refractivity contribution in [3.05, 3.63) is 122 Å². The Labute approximate surface area is 258 Å². The van der Waals surface area contributed by atoms with Crippen molar-refractivity contribution in [3.8, 4) is 11.5 Å². The van der Waals surface area contributed by atoms with Gasteiger partial charge in [-0.3, -0.25) is 19.4 Å². The summed E-state index contributed by atoms with van der Waals surface area (Å²) in [7, 11) is 1.57. The molecule has 1 aliphatic rings. The second-order valence-corrected chi connectivity index (χ2v) is 11.1. The third kappa shape index (κ3) is 6.03. The summed E-state index contributed by atoms with van der Waals surface area (Å²) in [5.74, 6) is 0.0953. The molecule has 1 heterocycles. The average Bonchev–Trinajstić information content (AvgIpc) is 2.95. The first-order chi connectivity index (χ1) is 19.8. The van der Waals surface area contributed by atoms with Crippen LogP contribution in [0.5, 0.6) is 11.5 Å². The Morgan fingerprint density at radius 2 is 1.34 bits per heavy atom. The van der Waals surface area contributed by atoms with Crippen LogP contribution in [-0.4, -0.2) is 24.0 Å². The van der Waals surface area contributed by atoms with Gasteiger partial charge in [-0.05, 0) is 102 Å². The van der Waals surface area contributed by atoms with E-state index in [4.69, 9.17) is 21.7 Å². The molecular formula is C33H27IN2O4S. The smallest absolute Gasteiger partial charge is 0.270 e. The van der Waals surface area contributed by atoms with E-state index in [1.807, 2.05) is 42.5 Å². The Balaban J connectivity index is 1.53. The Morgan fingerprint density at radius 1 is 0.805 bits per heavy atom. The van der Waals surface area contributed by atoms with Crippen LogP contribution in [-0.2, 0) is 16.2 Å². The highest BCUT2D eigenvalue weighted by atomic mass is 127. The van der Waals surface area contributed by atoms with Gasteiger partial charge in [0.05, 0.1) is 22.1 Å². The molecule has 1 fully saturated rings. The van der Waals surface area contributed by atoms with Gasteiger partial charge >= 0.3 is 0 Å². The normalized spacial score (nSPS) is 13.5. The predicted molar refractivity (Wildman–Crippen MR) is 174 cm³/mol. The third-order valence-corrected chi connectivity index (χ3v) is 7.67. The number of nitrogens with zero attached hydrogens (tertiary/aromatic N) is 2. The van der Waals surface area contributed by atoms with Crippen molar-refractivity contribution in [2.24, 2.45) is 0 Å². The fourth-order valence-corrected chi connectivity index (χ4v) is 5.93. The molecule has 0 bridgehead atoms. The van der Waals surface area contributed by atoms with Crippen LogP contribution in [0.4, 0.5) is 11.4 Å². The molecule has 0 radical (unpaired) electrons. The summed E-state index contributed by atoms with van der Waals surface area (Å²) in [6.45, 7) is 4.49. The number of ether oxygens (including phenoxy) is 2. The number of anilines is 2. The number of para-hydroxylation sites is 2. The van der Waals surface area contributed by atoms with E-state index in [1.165, 1.54) is 20.9 Å². The third-order valence-electron chi connectivity index (χ3n) is 6.51. The maximum atomic E-state index is 13.8. The largest absolute Gasteiger partial charge is 0.493 e. The molecule has 0 saturated carbocycles. The van der Waals surface area contributed by atoms with Gasteiger partial charge in [0.1, 0.15) is 12.2 Å². The van der Waals surface area contributed by atoms with Crippen molar-refractivity contribution in [2.75, 3.05) is 16.9 Å². The number of thiocarbonyl (C=S) groups is 1. The van der Waals surface area contributed by atoms with Crippen molar-refractivity contribution in [2.45, 2.75) is 20.5 Å². The molecule has 8 heteroatoms. The lowest BCUT2D eigenvalue weighted by atomic mass is 10.0. The van der Waals surface area contributed by atoms with Gasteiger partial charge in [-0.25, -0.2) is 0 Å². The Bertz CT molecular complexity index is 1590. The number of rotatable bonds is 7. The van der Waals surface area contributed by atoms with Gasteiger partial charge in [0.15, 0.2) is 16.6 Å². The van der Waals surface area contributed by atoms with Crippen LogP contribution in [0.3, 0.4) is 0 Å². The van der Waals surface area contributed by atoms with E-state index < -0.39 is 11.8 Å². The lowest BCUT2D eigenvalue weighted by molar-refractivity contribution is -0.120. The van der Waals surface area contributed by atoms with Crippen molar-refractivity contribution in [1.29, 1.82) is 0 Å². The zero-order valence-electron chi connectivity index (χ0n) is 22.8. The summed E-state index contributed by atoms with van der Waals surface area (Å²) in [6.07, 6.45) is 1.58. The molecule has 0 atom stereocenters. The molecule has 5 rings (SSSR count). The summed E-state index contributed by atoms with van der Waals surface area (Å²) in [4.78, 5) is 30.4. The first kappa shape index (κ1) is 28.5. The van der Waals surface area contributed by atoms with Crippen molar-refractivity contribution in [3.63, 3.8) is 0 Å². The summed E-state index contributed by atoms with van der Waals surface area (Å²) in [5.41, 5.74) is 5.14. The molecule has 2 amide bonds. The van der Waals surface area contributed by atoms with Crippen LogP contribution in [0.2, 0.25) is 0 Å². The molecule has 41 heavy (non-hydrogen) atoms. The van der Waals surface area contributed by atoms with E-state index in [1.54, 1.807) is 43.5 Å². The highest BCUT2D eigenvalue weighted by molar-refractivity contribution is 14.1. The quantitative estimate of drug-likeness (QED) is 0.0896. The molecule has 0 unspecified atom stereocenters. The standard InChI is InChI=1S/C33H27IN2O4S/c1-21-14-22(2)16-24(15-21)20-40-30-28(34)18-23(19-29(30)39-3)17-27-31(37)35(25-10-6-4-7-11-25)33(41)36(32(27)38)26-12-8-5-9-13-26/h4-19H,20H2,1-3H3. The maximum absolute atomic E-state index is 13.8. The monoisotopic (exact) mass is 674 g/mol. The highest BCUT2D eigenvalue weighted by Crippen LogP contribution is 2.36. The van der Waals surface area contributed by atoms with Crippen LogP contribution >= 0.6 is 34.8 Å². The van der Waals surface area contributed by atoms with E-state index in [-0.39, 0.29) is 10.7 Å². The van der Waals surface area contributed by atoms with Crippen LogP contribution in [0, 0.1) is 17.4 Å². The lowest BCUT2D eigenvalue weighted by Crippen LogP contribution is -2.56. The fraction of sp³-hybridized carbons (Fsp3) is 0.121. The number of hydrogen-bond donors (Lipinski definition) is 0. The lowest BCUT2D eigenvalue weighted by Gasteiger charge is -2.36. The number of hydrogen-bond acceptors (Lipinski definition) is 5. The number of carbonyl (C=O) groups is 2. The maximum Gasteiger partial charge on any atom is 0.270 e. The summed E-state index contributed by atoms with van der Waals surface area (Å²) in [6, 6.07) is 28.1. The zero-order valence-corrected chi connectivity index (χ0v) is 25.7. The van der Waals surface area contributed by atoms with Crippen molar-refractivity contribution in [1.82, 2.24) is 0 Å². The van der Waals surface area contributed by atoms with E-state index in [0.717, 1.165) is 9.13 Å². The highest BCUT2D eigenvalue weighted by Gasteiger charge is 2.41. The van der Waals surface area contributed by atoms with E-state index in [0.29, 0.717) is 35.0 Å². The SMILES string of the molecule is COc1cc(C=C2C(=O)N(c3ccccc3)C(=S)N(c3ccccc3)C2=O)cc(I)c1OCc1cc(C)cc(C)c1. The zero-order chi connectivity index (χ0) is 29.1. The van der Waals surface area contributed by atoms with Gasteiger partial charge in [-0.1, -0.05) is 65.7 Å². The minimum Gasteiger partial charge on any atom is -0.493 e. The van der Waals surface area contributed by atoms with Crippen molar-refractivity contribution < 1.29 is 19.1 Å². The molecule has 0 spiro atoms. The summed E-state index contributed by atoms with van der Waals surface area (Å²) < 4.78 is 12.6. The van der Waals surface area contributed by atoms with Gasteiger partial charge in [-0.15, -0.1) is 0 Å². The molecular weight excluding hydrogens is 647 g/mol. The molecule has 1 saturated heterocycles. The molecule has 0 aliphatic carbocycles. The van der Waals surface area contributed by atoms with Crippen LogP contribution in [0.1, 0.15) is 22.3 Å². The molecule has 0 N–H and O–H groups in total. The van der Waals surface area contributed by atoms with Gasteiger partial charge in [0.2, 0.25) is 0 Å². The molecule has 206 valence electrons. The second kappa shape index (κ2) is 12.2. The number of benzene rings is 4. The van der Waals surface area contributed by atoms with E-state index in [2.05, 4.69) is 54.6 Å². The molecule has 4 aromatic carbocycles. The van der Waals surface area contributed by atoms with Crippen molar-refractivity contribution >= 4 is 69.2 Å². The number of aryl methyl sites for hydroxylation is 2. The fourth-order valence-electron chi connectivity index (χ4n) is 4.78. The number of methoxy groups -OCH3 is 1. The number of carbonyl (C=O) groups excluding carboxylic acids is 2. The van der Waals surface area contributed by atoms with Gasteiger partial charge in [0.25, 0.3) is 11.8 Å². The van der Waals surface area contributed by atoms with Crippen LogP contribution < -0.4 is 19.3 Å². The first-order valence-corrected chi connectivity index (χ1v) is 14.4. The second-order valence-electron chi connectivity index (χ2n) is 9.61. The Kier molecular flexibility index (Phi) is 8.51. The topological polar surface area (TPSA) is 59.1 Å². The van der Waals surface area contributed by atoms with E-state index >= 15 is 0 Å². The number of amides is 2. The molecule has 1 aliphatic heterocycles. The minimum atomic E-state index is -0.498. The van der Waals surface area contributed by atoms with Gasteiger partial charge in [0, 0.05) is 0 Å². The number of halogens is 1. The Hall–Kier alpha value is -4.02. The van der Waals surface area contributed by atoms with Gasteiger partial charge in [-0.2, -0.15) is 0 Å². The van der Waals surface area contributed by atoms with Crippen LogP contribution in [0.25, 0.3) is 6.08 Å². The first-order valence-electron chi connectivity index (χ1n) is 12.9. The summed E-state index contributed by atoms with van der Waals surface area (Å²) in [5, 5.41) is 0.0943. The minimum absolute atomic E-state index is 0.0203. The molecule has 4 aromatic rings. The molecule has 6 nitrogen and oxygen atoms in total. The van der Waals surface area contributed by atoms with Gasteiger partial charge < -0.3 is 9.47 Å². The summed E-state index contributed by atoms with van der Waals surface area (Å²) >= 11 is 7.87. The van der Waals surface area contributed by atoms with Crippen LogP contribution in [0.15, 0.2) is 96.6 Å².